The van der Waals surface area contributed by atoms with Gasteiger partial charge >= 0.3 is 0 Å². The highest BCUT2D eigenvalue weighted by molar-refractivity contribution is 5.97. The van der Waals surface area contributed by atoms with Gasteiger partial charge in [-0.25, -0.2) is 4.98 Å². The minimum Gasteiger partial charge on any atom is -0.464 e. The molecule has 7 heteroatoms. The lowest BCUT2D eigenvalue weighted by atomic mass is 10.1. The van der Waals surface area contributed by atoms with Crippen LogP contribution in [0.1, 0.15) is 6.42 Å². The molecule has 7 nitrogen and oxygen atoms in total. The first-order valence-corrected chi connectivity index (χ1v) is 8.44. The van der Waals surface area contributed by atoms with Gasteiger partial charge < -0.3 is 22.7 Å². The minimum atomic E-state index is 0.349. The molecule has 4 aromatic rings. The number of furan rings is 3. The SMILES string of the molecule is CN(C)CCCn1cnc2oc(-c3ccco3)c(-c3ccco3)c2c1=N. The molecule has 0 spiro atoms. The molecule has 0 saturated carbocycles. The quantitative estimate of drug-likeness (QED) is 0.573. The Morgan fingerprint density at radius 2 is 1.85 bits per heavy atom. The van der Waals surface area contributed by atoms with Crippen molar-refractivity contribution in [1.29, 1.82) is 5.41 Å². The molecule has 1 N–H and O–H groups in total. The Morgan fingerprint density at radius 1 is 1.12 bits per heavy atom. The lowest BCUT2D eigenvalue weighted by Crippen LogP contribution is -2.23. The largest absolute Gasteiger partial charge is 0.464 e. The molecule has 0 amide bonds. The maximum absolute atomic E-state index is 8.68. The maximum atomic E-state index is 8.68. The zero-order valence-electron chi connectivity index (χ0n) is 14.7. The molecule has 0 aliphatic rings. The number of hydrogen-bond donors (Lipinski definition) is 1. The summed E-state index contributed by atoms with van der Waals surface area (Å²) in [4.78, 5) is 6.54. The van der Waals surface area contributed by atoms with E-state index in [1.165, 1.54) is 0 Å². The van der Waals surface area contributed by atoms with E-state index in [-0.39, 0.29) is 0 Å². The van der Waals surface area contributed by atoms with E-state index in [4.69, 9.17) is 18.7 Å². The molecule has 0 saturated heterocycles. The van der Waals surface area contributed by atoms with Crippen LogP contribution in [0.2, 0.25) is 0 Å². The number of aryl methyl sites for hydroxylation is 1. The second kappa shape index (κ2) is 6.68. The predicted octanol–water partition coefficient (Wildman–Crippen LogP) is 3.58. The van der Waals surface area contributed by atoms with Gasteiger partial charge in [0.2, 0.25) is 5.71 Å². The Labute approximate surface area is 150 Å². The van der Waals surface area contributed by atoms with E-state index in [0.29, 0.717) is 46.0 Å². The third-order valence-electron chi connectivity index (χ3n) is 4.24. The predicted molar refractivity (Wildman–Crippen MR) is 96.4 cm³/mol. The number of nitrogens with zero attached hydrogens (tertiary/aromatic N) is 3. The van der Waals surface area contributed by atoms with Crippen LogP contribution in [-0.2, 0) is 6.54 Å². The van der Waals surface area contributed by atoms with E-state index >= 15 is 0 Å². The molecule has 4 aromatic heterocycles. The molecule has 26 heavy (non-hydrogen) atoms. The van der Waals surface area contributed by atoms with Crippen molar-refractivity contribution in [3.05, 3.63) is 48.6 Å². The first kappa shape index (κ1) is 16.4. The maximum Gasteiger partial charge on any atom is 0.232 e. The molecule has 0 aliphatic carbocycles. The van der Waals surface area contributed by atoms with Gasteiger partial charge in [0.15, 0.2) is 11.5 Å². The van der Waals surface area contributed by atoms with Crippen LogP contribution in [0, 0.1) is 5.41 Å². The summed E-state index contributed by atoms with van der Waals surface area (Å²) in [6.45, 7) is 1.65. The normalized spacial score (nSPS) is 11.7. The fourth-order valence-electron chi connectivity index (χ4n) is 3.02. The van der Waals surface area contributed by atoms with Crippen molar-refractivity contribution in [3.8, 4) is 22.8 Å². The molecular formula is C19H20N4O3. The van der Waals surface area contributed by atoms with Crippen molar-refractivity contribution in [2.24, 2.45) is 0 Å². The van der Waals surface area contributed by atoms with Gasteiger partial charge in [-0.1, -0.05) is 0 Å². The van der Waals surface area contributed by atoms with E-state index in [2.05, 4.69) is 9.88 Å². The monoisotopic (exact) mass is 352 g/mol. The van der Waals surface area contributed by atoms with Crippen LogP contribution in [0.3, 0.4) is 0 Å². The zero-order chi connectivity index (χ0) is 18.1. The van der Waals surface area contributed by atoms with Crippen LogP contribution in [0.4, 0.5) is 0 Å². The fraction of sp³-hybridized carbons (Fsp3) is 0.263. The first-order valence-electron chi connectivity index (χ1n) is 8.44. The van der Waals surface area contributed by atoms with Crippen molar-refractivity contribution >= 4 is 11.1 Å². The standard InChI is InChI=1S/C19H20N4O3/c1-22(2)8-5-9-23-12-21-19-16(18(23)20)15(13-6-3-10-24-13)17(26-19)14-7-4-11-25-14/h3-4,6-7,10-12,20H,5,8-9H2,1-2H3. The number of aromatic nitrogens is 2. The van der Waals surface area contributed by atoms with Crippen LogP contribution in [-0.4, -0.2) is 35.1 Å². The summed E-state index contributed by atoms with van der Waals surface area (Å²) >= 11 is 0. The summed E-state index contributed by atoms with van der Waals surface area (Å²) in [6, 6.07) is 7.27. The van der Waals surface area contributed by atoms with Gasteiger partial charge in [0.05, 0.1) is 23.5 Å². The Kier molecular flexibility index (Phi) is 4.22. The fourth-order valence-corrected chi connectivity index (χ4v) is 3.02. The van der Waals surface area contributed by atoms with Gasteiger partial charge in [0.1, 0.15) is 17.6 Å². The van der Waals surface area contributed by atoms with Crippen molar-refractivity contribution in [2.75, 3.05) is 20.6 Å². The summed E-state index contributed by atoms with van der Waals surface area (Å²) in [6.07, 6.45) is 5.77. The number of hydrogen-bond acceptors (Lipinski definition) is 6. The van der Waals surface area contributed by atoms with Crippen molar-refractivity contribution in [3.63, 3.8) is 0 Å². The molecule has 0 fully saturated rings. The molecule has 4 heterocycles. The van der Waals surface area contributed by atoms with Crippen molar-refractivity contribution in [1.82, 2.24) is 14.5 Å². The summed E-state index contributed by atoms with van der Waals surface area (Å²) in [5.74, 6) is 1.72. The Hall–Kier alpha value is -3.06. The molecule has 0 unspecified atom stereocenters. The molecule has 0 aromatic carbocycles. The zero-order valence-corrected chi connectivity index (χ0v) is 14.7. The molecule has 0 atom stereocenters. The van der Waals surface area contributed by atoms with E-state index in [0.717, 1.165) is 13.0 Å². The Bertz CT molecular complexity index is 1060. The summed E-state index contributed by atoms with van der Waals surface area (Å²) in [5.41, 5.74) is 1.44. The van der Waals surface area contributed by atoms with E-state index in [1.54, 1.807) is 24.9 Å². The third-order valence-corrected chi connectivity index (χ3v) is 4.24. The number of fused-ring (bicyclic) bond motifs is 1. The molecule has 4 rings (SSSR count). The lowest BCUT2D eigenvalue weighted by molar-refractivity contribution is 0.383. The smallest absolute Gasteiger partial charge is 0.232 e. The average Bonchev–Trinajstić information content (AvgIpc) is 3.36. The molecule has 0 aliphatic heterocycles. The number of rotatable bonds is 6. The van der Waals surface area contributed by atoms with Gasteiger partial charge in [-0.05, 0) is 51.3 Å². The Morgan fingerprint density at radius 3 is 2.50 bits per heavy atom. The van der Waals surface area contributed by atoms with E-state index in [1.807, 2.05) is 36.9 Å². The van der Waals surface area contributed by atoms with Crippen LogP contribution in [0.15, 0.2) is 56.4 Å². The van der Waals surface area contributed by atoms with Crippen molar-refractivity contribution < 1.29 is 13.3 Å². The first-order chi connectivity index (χ1) is 12.6. The van der Waals surface area contributed by atoms with Crippen LogP contribution in [0.5, 0.6) is 0 Å². The lowest BCUT2D eigenvalue weighted by Gasteiger charge is -2.11. The highest BCUT2D eigenvalue weighted by Gasteiger charge is 2.24. The topological polar surface area (TPSA) is 84.3 Å². The van der Waals surface area contributed by atoms with E-state index < -0.39 is 0 Å². The van der Waals surface area contributed by atoms with Gasteiger partial charge in [-0.2, -0.15) is 0 Å². The highest BCUT2D eigenvalue weighted by atomic mass is 16.4. The third kappa shape index (κ3) is 2.86. The molecular weight excluding hydrogens is 332 g/mol. The van der Waals surface area contributed by atoms with Gasteiger partial charge in [0, 0.05) is 6.54 Å². The summed E-state index contributed by atoms with van der Waals surface area (Å²) in [7, 11) is 4.07. The van der Waals surface area contributed by atoms with E-state index in [9.17, 15) is 0 Å². The number of nitrogens with one attached hydrogen (secondary N) is 1. The molecule has 134 valence electrons. The Balaban J connectivity index is 1.88. The van der Waals surface area contributed by atoms with Gasteiger partial charge in [0.25, 0.3) is 0 Å². The second-order valence-corrected chi connectivity index (χ2v) is 6.38. The minimum absolute atomic E-state index is 0.349. The molecule has 0 radical (unpaired) electrons. The average molecular weight is 352 g/mol. The van der Waals surface area contributed by atoms with Crippen LogP contribution < -0.4 is 5.49 Å². The summed E-state index contributed by atoms with van der Waals surface area (Å²) in [5, 5.41) is 9.31. The van der Waals surface area contributed by atoms with Crippen molar-refractivity contribution in [2.45, 2.75) is 13.0 Å². The van der Waals surface area contributed by atoms with Crippen LogP contribution in [0.25, 0.3) is 33.9 Å². The van der Waals surface area contributed by atoms with Crippen LogP contribution >= 0.6 is 0 Å². The summed E-state index contributed by atoms with van der Waals surface area (Å²) < 4.78 is 18.9. The second-order valence-electron chi connectivity index (χ2n) is 6.38. The van der Waals surface area contributed by atoms with Gasteiger partial charge in [-0.15, -0.1) is 0 Å². The molecule has 0 bridgehead atoms. The highest BCUT2D eigenvalue weighted by Crippen LogP contribution is 2.38. The van der Waals surface area contributed by atoms with Gasteiger partial charge in [-0.3, -0.25) is 5.41 Å².